The van der Waals surface area contributed by atoms with E-state index in [4.69, 9.17) is 0 Å². The van der Waals surface area contributed by atoms with Crippen molar-refractivity contribution in [3.8, 4) is 5.75 Å². The molecule has 0 heterocycles. The Balaban J connectivity index is 1.88. The van der Waals surface area contributed by atoms with E-state index in [9.17, 15) is 5.11 Å². The van der Waals surface area contributed by atoms with Crippen LogP contribution in [0.1, 0.15) is 56.6 Å². The standard InChI is InChI=1S/C20H24O/c1-3-14-5-9-19-18-7-4-13-12-15(21)6-8-16(13)17(18)10-11-20(14,19)2/h4,6-8,12,14,19,21H,3,5,9-11H2,1-2H3. The SMILES string of the molecule is CCC1CCC2c3ccc4cc(O)ccc4c3CCC12C. The molecule has 21 heavy (non-hydrogen) atoms. The van der Waals surface area contributed by atoms with Gasteiger partial charge in [0.05, 0.1) is 0 Å². The van der Waals surface area contributed by atoms with E-state index >= 15 is 0 Å². The molecule has 2 aliphatic rings. The van der Waals surface area contributed by atoms with Crippen LogP contribution < -0.4 is 0 Å². The predicted molar refractivity (Wildman–Crippen MR) is 87.8 cm³/mol. The summed E-state index contributed by atoms with van der Waals surface area (Å²) in [6.07, 6.45) is 6.59. The molecule has 0 aromatic heterocycles. The first-order chi connectivity index (χ1) is 10.1. The molecule has 1 heteroatoms. The molecule has 0 spiro atoms. The number of aryl methyl sites for hydroxylation is 1. The number of phenolic OH excluding ortho intramolecular Hbond substituents is 1. The second-order valence-corrected chi connectivity index (χ2v) is 7.28. The van der Waals surface area contributed by atoms with Crippen LogP contribution in [0.4, 0.5) is 0 Å². The summed E-state index contributed by atoms with van der Waals surface area (Å²) in [6.45, 7) is 4.89. The van der Waals surface area contributed by atoms with E-state index in [1.807, 2.05) is 12.1 Å². The Labute approximate surface area is 127 Å². The molecule has 0 amide bonds. The highest BCUT2D eigenvalue weighted by Crippen LogP contribution is 2.60. The quantitative estimate of drug-likeness (QED) is 0.741. The Morgan fingerprint density at radius 2 is 2.05 bits per heavy atom. The maximum absolute atomic E-state index is 9.69. The first kappa shape index (κ1) is 13.2. The van der Waals surface area contributed by atoms with E-state index in [0.29, 0.717) is 11.2 Å². The van der Waals surface area contributed by atoms with Crippen molar-refractivity contribution in [1.29, 1.82) is 0 Å². The minimum Gasteiger partial charge on any atom is -0.508 e. The molecule has 2 aromatic carbocycles. The van der Waals surface area contributed by atoms with Crippen molar-refractivity contribution in [3.05, 3.63) is 41.5 Å². The molecular weight excluding hydrogens is 256 g/mol. The monoisotopic (exact) mass is 280 g/mol. The summed E-state index contributed by atoms with van der Waals surface area (Å²) in [5, 5.41) is 12.2. The Hall–Kier alpha value is -1.50. The third-order valence-corrected chi connectivity index (χ3v) is 6.47. The smallest absolute Gasteiger partial charge is 0.116 e. The summed E-state index contributed by atoms with van der Waals surface area (Å²) < 4.78 is 0. The number of hydrogen-bond acceptors (Lipinski definition) is 1. The number of aromatic hydroxyl groups is 1. The highest BCUT2D eigenvalue weighted by molar-refractivity contribution is 5.88. The molecule has 3 atom stereocenters. The molecule has 1 N–H and O–H groups in total. The summed E-state index contributed by atoms with van der Waals surface area (Å²) in [4.78, 5) is 0. The Kier molecular flexibility index (Phi) is 2.82. The minimum absolute atomic E-state index is 0.370. The van der Waals surface area contributed by atoms with Crippen molar-refractivity contribution >= 4 is 10.8 Å². The number of hydrogen-bond donors (Lipinski definition) is 1. The fourth-order valence-corrected chi connectivity index (χ4v) is 5.27. The van der Waals surface area contributed by atoms with Gasteiger partial charge in [0.15, 0.2) is 0 Å². The average Bonchev–Trinajstić information content (AvgIpc) is 2.83. The largest absolute Gasteiger partial charge is 0.508 e. The molecule has 0 radical (unpaired) electrons. The van der Waals surface area contributed by atoms with Gasteiger partial charge in [0.1, 0.15) is 5.75 Å². The number of rotatable bonds is 1. The van der Waals surface area contributed by atoms with E-state index in [1.165, 1.54) is 42.9 Å². The lowest BCUT2D eigenvalue weighted by atomic mass is 9.62. The third-order valence-electron chi connectivity index (χ3n) is 6.47. The highest BCUT2D eigenvalue weighted by Gasteiger charge is 2.48. The molecule has 0 bridgehead atoms. The zero-order valence-electron chi connectivity index (χ0n) is 13.0. The molecule has 4 rings (SSSR count). The number of phenols is 1. The minimum atomic E-state index is 0.370. The van der Waals surface area contributed by atoms with Gasteiger partial charge >= 0.3 is 0 Å². The van der Waals surface area contributed by atoms with Gasteiger partial charge in [-0.25, -0.2) is 0 Å². The van der Waals surface area contributed by atoms with Crippen molar-refractivity contribution in [2.24, 2.45) is 11.3 Å². The van der Waals surface area contributed by atoms with Crippen molar-refractivity contribution in [2.75, 3.05) is 0 Å². The van der Waals surface area contributed by atoms with Crippen LogP contribution in [-0.4, -0.2) is 5.11 Å². The molecule has 1 fully saturated rings. The van der Waals surface area contributed by atoms with E-state index < -0.39 is 0 Å². The molecule has 1 nitrogen and oxygen atoms in total. The van der Waals surface area contributed by atoms with E-state index in [0.717, 1.165) is 11.8 Å². The van der Waals surface area contributed by atoms with Gasteiger partial charge in [-0.05, 0) is 77.0 Å². The Bertz CT molecular complexity index is 702. The second-order valence-electron chi connectivity index (χ2n) is 7.28. The van der Waals surface area contributed by atoms with Gasteiger partial charge in [-0.2, -0.15) is 0 Å². The number of fused-ring (bicyclic) bond motifs is 5. The van der Waals surface area contributed by atoms with Crippen molar-refractivity contribution in [2.45, 2.75) is 51.9 Å². The molecule has 1 saturated carbocycles. The predicted octanol–water partition coefficient (Wildman–Crippen LogP) is 5.40. The van der Waals surface area contributed by atoms with Crippen LogP contribution >= 0.6 is 0 Å². The molecular formula is C20H24O. The van der Waals surface area contributed by atoms with Crippen LogP contribution in [0.15, 0.2) is 30.3 Å². The summed E-state index contributed by atoms with van der Waals surface area (Å²) >= 11 is 0. The lowest BCUT2D eigenvalue weighted by Crippen LogP contribution is -2.32. The normalized spacial score (nSPS) is 31.1. The summed E-state index contributed by atoms with van der Waals surface area (Å²) in [5.41, 5.74) is 3.65. The van der Waals surface area contributed by atoms with Gasteiger partial charge in [-0.3, -0.25) is 0 Å². The summed E-state index contributed by atoms with van der Waals surface area (Å²) in [7, 11) is 0. The van der Waals surface area contributed by atoms with Crippen LogP contribution in [0.3, 0.4) is 0 Å². The maximum atomic E-state index is 9.69. The molecule has 0 saturated heterocycles. The second kappa shape index (κ2) is 4.50. The van der Waals surface area contributed by atoms with Gasteiger partial charge in [-0.1, -0.05) is 38.5 Å². The van der Waals surface area contributed by atoms with Gasteiger partial charge in [0.25, 0.3) is 0 Å². The summed E-state index contributed by atoms with van der Waals surface area (Å²) in [6, 6.07) is 10.4. The van der Waals surface area contributed by atoms with Gasteiger partial charge < -0.3 is 5.11 Å². The molecule has 3 unspecified atom stereocenters. The molecule has 2 aromatic rings. The zero-order valence-corrected chi connectivity index (χ0v) is 13.0. The lowest BCUT2D eigenvalue weighted by molar-refractivity contribution is 0.168. The van der Waals surface area contributed by atoms with E-state index in [1.54, 1.807) is 11.1 Å². The lowest BCUT2D eigenvalue weighted by Gasteiger charge is -2.42. The van der Waals surface area contributed by atoms with Crippen molar-refractivity contribution in [1.82, 2.24) is 0 Å². The fourth-order valence-electron chi connectivity index (χ4n) is 5.27. The first-order valence-electron chi connectivity index (χ1n) is 8.38. The number of benzene rings is 2. The molecule has 2 aliphatic carbocycles. The molecule has 110 valence electrons. The van der Waals surface area contributed by atoms with Crippen LogP contribution in [0.25, 0.3) is 10.8 Å². The Morgan fingerprint density at radius 3 is 2.86 bits per heavy atom. The zero-order chi connectivity index (χ0) is 14.6. The summed E-state index contributed by atoms with van der Waals surface area (Å²) in [5.74, 6) is 2.01. The molecule has 0 aliphatic heterocycles. The van der Waals surface area contributed by atoms with Gasteiger partial charge in [-0.15, -0.1) is 0 Å². The van der Waals surface area contributed by atoms with Crippen LogP contribution in [0, 0.1) is 11.3 Å². The van der Waals surface area contributed by atoms with Gasteiger partial charge in [0, 0.05) is 0 Å². The third kappa shape index (κ3) is 1.76. The van der Waals surface area contributed by atoms with Crippen LogP contribution in [0.5, 0.6) is 5.75 Å². The first-order valence-corrected chi connectivity index (χ1v) is 8.38. The van der Waals surface area contributed by atoms with E-state index in [-0.39, 0.29) is 0 Å². The average molecular weight is 280 g/mol. The fraction of sp³-hybridized carbons (Fsp3) is 0.500. The van der Waals surface area contributed by atoms with E-state index in [2.05, 4.69) is 32.0 Å². The van der Waals surface area contributed by atoms with Crippen molar-refractivity contribution < 1.29 is 5.11 Å². The van der Waals surface area contributed by atoms with Crippen LogP contribution in [0.2, 0.25) is 0 Å². The topological polar surface area (TPSA) is 20.2 Å². The maximum Gasteiger partial charge on any atom is 0.116 e. The van der Waals surface area contributed by atoms with Gasteiger partial charge in [0.2, 0.25) is 0 Å². The highest BCUT2D eigenvalue weighted by atomic mass is 16.3. The van der Waals surface area contributed by atoms with Crippen molar-refractivity contribution in [3.63, 3.8) is 0 Å². The Morgan fingerprint density at radius 1 is 1.19 bits per heavy atom. The van der Waals surface area contributed by atoms with Crippen LogP contribution in [-0.2, 0) is 6.42 Å².